The first-order valence-electron chi connectivity index (χ1n) is 9.77. The number of hydrogen-bond acceptors (Lipinski definition) is 3. The third-order valence-electron chi connectivity index (χ3n) is 5.42. The summed E-state index contributed by atoms with van der Waals surface area (Å²) in [6.07, 6.45) is -5.52. The van der Waals surface area contributed by atoms with Crippen LogP contribution in [0, 0.1) is 0 Å². The average molecular weight is 441 g/mol. The molecule has 0 aromatic heterocycles. The molecule has 4 rings (SSSR count). The number of amides is 1. The van der Waals surface area contributed by atoms with Gasteiger partial charge < -0.3 is 15.2 Å². The molecule has 5 nitrogen and oxygen atoms in total. The summed E-state index contributed by atoms with van der Waals surface area (Å²) in [4.78, 5) is 24.0. The molecule has 0 radical (unpaired) electrons. The second kappa shape index (κ2) is 8.37. The maximum Gasteiger partial charge on any atom is 0.416 e. The Hall–Kier alpha value is -3.81. The van der Waals surface area contributed by atoms with Crippen LogP contribution in [0.1, 0.15) is 34.2 Å². The molecule has 0 aliphatic heterocycles. The van der Waals surface area contributed by atoms with Gasteiger partial charge in [-0.15, -0.1) is 0 Å². The zero-order valence-corrected chi connectivity index (χ0v) is 16.6. The van der Waals surface area contributed by atoms with Crippen molar-refractivity contribution in [2.45, 2.75) is 18.1 Å². The molecule has 0 spiro atoms. The highest BCUT2D eigenvalue weighted by Gasteiger charge is 2.32. The molecule has 1 aliphatic carbocycles. The number of ether oxygens (including phenoxy) is 1. The van der Waals surface area contributed by atoms with Crippen molar-refractivity contribution >= 4 is 12.1 Å². The van der Waals surface area contributed by atoms with E-state index in [-0.39, 0.29) is 18.1 Å². The van der Waals surface area contributed by atoms with Gasteiger partial charge in [0.05, 0.1) is 5.56 Å². The Morgan fingerprint density at radius 3 is 1.94 bits per heavy atom. The fourth-order valence-corrected chi connectivity index (χ4v) is 3.91. The molecule has 0 fully saturated rings. The van der Waals surface area contributed by atoms with Crippen LogP contribution in [0.2, 0.25) is 0 Å². The number of halogens is 3. The van der Waals surface area contributed by atoms with Crippen molar-refractivity contribution in [2.75, 3.05) is 6.61 Å². The number of alkyl carbamates (subject to hydrolysis) is 1. The smallest absolute Gasteiger partial charge is 0.416 e. The Kier molecular flexibility index (Phi) is 5.61. The Morgan fingerprint density at radius 2 is 1.44 bits per heavy atom. The van der Waals surface area contributed by atoms with Crippen LogP contribution in [0.3, 0.4) is 0 Å². The minimum absolute atomic E-state index is 0.000919. The van der Waals surface area contributed by atoms with E-state index in [4.69, 9.17) is 4.74 Å². The number of rotatable bonds is 5. The third kappa shape index (κ3) is 4.16. The Bertz CT molecular complexity index is 1110. The fourth-order valence-electron chi connectivity index (χ4n) is 3.91. The second-order valence-corrected chi connectivity index (χ2v) is 7.36. The van der Waals surface area contributed by atoms with Gasteiger partial charge in [0, 0.05) is 5.92 Å². The van der Waals surface area contributed by atoms with Crippen LogP contribution in [0.15, 0.2) is 72.8 Å². The minimum Gasteiger partial charge on any atom is -0.479 e. The SMILES string of the molecule is O=C(N[C@@H](C(=O)O)c1ccc(C(F)(F)F)cc1)OCC1c2ccccc2-c2ccccc21. The molecule has 0 heterocycles. The van der Waals surface area contributed by atoms with Crippen molar-refractivity contribution in [3.8, 4) is 11.1 Å². The summed E-state index contributed by atoms with van der Waals surface area (Å²) in [7, 11) is 0. The minimum atomic E-state index is -4.54. The number of carbonyl (C=O) groups excluding carboxylic acids is 1. The number of carboxylic acids is 1. The van der Waals surface area contributed by atoms with Gasteiger partial charge in [-0.2, -0.15) is 13.2 Å². The fraction of sp³-hybridized carbons (Fsp3) is 0.167. The number of benzene rings is 3. The van der Waals surface area contributed by atoms with Gasteiger partial charge in [-0.1, -0.05) is 60.7 Å². The number of fused-ring (bicyclic) bond motifs is 3. The Balaban J connectivity index is 1.47. The highest BCUT2D eigenvalue weighted by Crippen LogP contribution is 2.44. The molecular formula is C24H18F3NO4. The largest absolute Gasteiger partial charge is 0.479 e. The van der Waals surface area contributed by atoms with E-state index in [2.05, 4.69) is 5.32 Å². The van der Waals surface area contributed by atoms with Gasteiger partial charge in [-0.05, 0) is 39.9 Å². The van der Waals surface area contributed by atoms with Crippen LogP contribution in [0.5, 0.6) is 0 Å². The Labute approximate surface area is 181 Å². The topological polar surface area (TPSA) is 75.6 Å². The average Bonchev–Trinajstić information content (AvgIpc) is 3.09. The maximum absolute atomic E-state index is 12.7. The molecule has 0 bridgehead atoms. The van der Waals surface area contributed by atoms with Gasteiger partial charge in [0.1, 0.15) is 6.61 Å². The summed E-state index contributed by atoms with van der Waals surface area (Å²) in [6.45, 7) is -0.0147. The number of aliphatic carboxylic acids is 1. The molecule has 8 heteroatoms. The molecule has 3 aromatic carbocycles. The zero-order chi connectivity index (χ0) is 22.9. The van der Waals surface area contributed by atoms with Crippen molar-refractivity contribution in [1.29, 1.82) is 0 Å². The maximum atomic E-state index is 12.7. The quantitative estimate of drug-likeness (QED) is 0.558. The van der Waals surface area contributed by atoms with Crippen molar-refractivity contribution in [2.24, 2.45) is 0 Å². The summed E-state index contributed by atoms with van der Waals surface area (Å²) in [5, 5.41) is 11.7. The number of carbonyl (C=O) groups is 2. The monoisotopic (exact) mass is 441 g/mol. The molecule has 1 aliphatic rings. The number of hydrogen-bond donors (Lipinski definition) is 2. The number of carboxylic acid groups (broad SMARTS) is 1. The lowest BCUT2D eigenvalue weighted by atomic mass is 9.98. The highest BCUT2D eigenvalue weighted by molar-refractivity contribution is 5.82. The molecule has 2 N–H and O–H groups in total. The first-order valence-corrected chi connectivity index (χ1v) is 9.77. The van der Waals surface area contributed by atoms with Crippen LogP contribution in [0.25, 0.3) is 11.1 Å². The summed E-state index contributed by atoms with van der Waals surface area (Å²) < 4.78 is 43.6. The molecule has 0 saturated heterocycles. The van der Waals surface area contributed by atoms with Crippen molar-refractivity contribution in [3.05, 3.63) is 95.1 Å². The lowest BCUT2D eigenvalue weighted by molar-refractivity contribution is -0.139. The van der Waals surface area contributed by atoms with E-state index in [1.54, 1.807) is 0 Å². The van der Waals surface area contributed by atoms with Gasteiger partial charge >= 0.3 is 18.2 Å². The van der Waals surface area contributed by atoms with Crippen LogP contribution < -0.4 is 5.32 Å². The number of nitrogens with one attached hydrogen (secondary N) is 1. The van der Waals surface area contributed by atoms with Gasteiger partial charge in [0.2, 0.25) is 0 Å². The molecule has 32 heavy (non-hydrogen) atoms. The number of alkyl halides is 3. The van der Waals surface area contributed by atoms with Crippen molar-refractivity contribution in [3.63, 3.8) is 0 Å². The third-order valence-corrected chi connectivity index (χ3v) is 5.42. The summed E-state index contributed by atoms with van der Waals surface area (Å²) in [5.41, 5.74) is 3.18. The van der Waals surface area contributed by atoms with E-state index >= 15 is 0 Å². The van der Waals surface area contributed by atoms with Crippen molar-refractivity contribution in [1.82, 2.24) is 5.32 Å². The van der Waals surface area contributed by atoms with E-state index in [0.717, 1.165) is 46.5 Å². The molecule has 164 valence electrons. The van der Waals surface area contributed by atoms with Gasteiger partial charge in [0.25, 0.3) is 0 Å². The van der Waals surface area contributed by atoms with E-state index in [0.29, 0.717) is 0 Å². The van der Waals surface area contributed by atoms with Crippen LogP contribution in [0.4, 0.5) is 18.0 Å². The van der Waals surface area contributed by atoms with Gasteiger partial charge in [-0.3, -0.25) is 0 Å². The summed E-state index contributed by atoms with van der Waals surface area (Å²) >= 11 is 0. The molecule has 0 saturated carbocycles. The van der Waals surface area contributed by atoms with Crippen LogP contribution in [-0.4, -0.2) is 23.8 Å². The predicted molar refractivity (Wildman–Crippen MR) is 110 cm³/mol. The van der Waals surface area contributed by atoms with E-state index in [1.807, 2.05) is 48.5 Å². The molecule has 1 atom stereocenters. The van der Waals surface area contributed by atoms with E-state index in [9.17, 15) is 27.9 Å². The Morgan fingerprint density at radius 1 is 0.906 bits per heavy atom. The van der Waals surface area contributed by atoms with Gasteiger partial charge in [-0.25, -0.2) is 9.59 Å². The van der Waals surface area contributed by atoms with E-state index in [1.165, 1.54) is 0 Å². The highest BCUT2D eigenvalue weighted by atomic mass is 19.4. The second-order valence-electron chi connectivity index (χ2n) is 7.36. The molecule has 1 amide bonds. The zero-order valence-electron chi connectivity index (χ0n) is 16.6. The standard InChI is InChI=1S/C24H18F3NO4/c25-24(26,27)15-11-9-14(10-12-15)21(22(29)30)28-23(31)32-13-20-18-7-3-1-5-16(18)17-6-2-4-8-19(17)20/h1-12,20-21H,13H2,(H,28,31)(H,29,30)/t21-/m1/s1. The summed E-state index contributed by atoms with van der Waals surface area (Å²) in [6, 6.07) is 17.5. The van der Waals surface area contributed by atoms with Crippen molar-refractivity contribution < 1.29 is 32.6 Å². The first-order chi connectivity index (χ1) is 15.3. The van der Waals surface area contributed by atoms with Crippen LogP contribution >= 0.6 is 0 Å². The van der Waals surface area contributed by atoms with Gasteiger partial charge in [0.15, 0.2) is 6.04 Å². The summed E-state index contributed by atoms with van der Waals surface area (Å²) in [5.74, 6) is -1.62. The predicted octanol–water partition coefficient (Wildman–Crippen LogP) is 5.37. The van der Waals surface area contributed by atoms with E-state index < -0.39 is 29.8 Å². The first kappa shape index (κ1) is 21.4. The lowest BCUT2D eigenvalue weighted by Crippen LogP contribution is -2.34. The normalized spacial score (nSPS) is 13.7. The molecule has 0 unspecified atom stereocenters. The molecular weight excluding hydrogens is 423 g/mol. The van der Waals surface area contributed by atoms with Crippen LogP contribution in [-0.2, 0) is 15.7 Å². The lowest BCUT2D eigenvalue weighted by Gasteiger charge is -2.18. The molecule has 3 aromatic rings.